The van der Waals surface area contributed by atoms with Gasteiger partial charge < -0.3 is 9.72 Å². The van der Waals surface area contributed by atoms with Gasteiger partial charge in [0.1, 0.15) is 5.75 Å². The molecule has 0 bridgehead atoms. The van der Waals surface area contributed by atoms with Crippen molar-refractivity contribution in [2.75, 3.05) is 26.7 Å². The summed E-state index contributed by atoms with van der Waals surface area (Å²) >= 11 is 0. The van der Waals surface area contributed by atoms with Crippen molar-refractivity contribution in [3.05, 3.63) is 78.0 Å². The van der Waals surface area contributed by atoms with Gasteiger partial charge in [-0.25, -0.2) is 0 Å². The highest BCUT2D eigenvalue weighted by Crippen LogP contribution is 2.28. The number of H-pyrrole nitrogens is 1. The molecule has 1 aliphatic rings. The molecule has 1 aliphatic heterocycles. The molecule has 1 aromatic heterocycles. The number of aromatic nitrogens is 1. The summed E-state index contributed by atoms with van der Waals surface area (Å²) in [7, 11) is 1.71. The van der Waals surface area contributed by atoms with Crippen molar-refractivity contribution in [2.45, 2.75) is 6.42 Å². The molecule has 0 atom stereocenters. The maximum atomic E-state index is 5.42. The molecule has 4 rings (SSSR count). The lowest BCUT2D eigenvalue weighted by molar-refractivity contribution is 0.335. The Morgan fingerprint density at radius 3 is 2.77 bits per heavy atom. The molecule has 0 radical (unpaired) electrons. The largest absolute Gasteiger partial charge is 0.495 e. The number of methoxy groups -OCH3 is 1. The summed E-state index contributed by atoms with van der Waals surface area (Å²) in [4.78, 5) is 5.74. The number of ether oxygens (including phenoxy) is 1. The first-order valence-corrected chi connectivity index (χ1v) is 9.12. The zero-order chi connectivity index (χ0) is 17.8. The van der Waals surface area contributed by atoms with Gasteiger partial charge in [0, 0.05) is 31.2 Å². The molecule has 0 aliphatic carbocycles. The average molecular weight is 344 g/mol. The van der Waals surface area contributed by atoms with Gasteiger partial charge in [-0.05, 0) is 35.3 Å². The minimum absolute atomic E-state index is 0.886. The first-order valence-electron chi connectivity index (χ1n) is 9.12. The third kappa shape index (κ3) is 3.44. The van der Waals surface area contributed by atoms with Crippen LogP contribution >= 0.6 is 0 Å². The van der Waals surface area contributed by atoms with E-state index in [1.165, 1.54) is 22.1 Å². The smallest absolute Gasteiger partial charge is 0.142 e. The Morgan fingerprint density at radius 2 is 2.00 bits per heavy atom. The summed E-state index contributed by atoms with van der Waals surface area (Å²) < 4.78 is 5.42. The Hall–Kier alpha value is -2.78. The van der Waals surface area contributed by atoms with Crippen molar-refractivity contribution in [1.29, 1.82) is 0 Å². The Labute approximate surface area is 154 Å². The molecule has 0 amide bonds. The van der Waals surface area contributed by atoms with Gasteiger partial charge in [-0.15, -0.1) is 0 Å². The molecule has 1 N–H and O–H groups in total. The molecule has 0 saturated carbocycles. The van der Waals surface area contributed by atoms with Crippen LogP contribution in [-0.2, 0) is 0 Å². The molecule has 2 aromatic carbocycles. The van der Waals surface area contributed by atoms with Gasteiger partial charge >= 0.3 is 0 Å². The quantitative estimate of drug-likeness (QED) is 0.707. The number of aromatic amines is 1. The average Bonchev–Trinajstić information content (AvgIpc) is 3.20. The standard InChI is InChI=1S/C23H24N2O/c1-26-22-10-9-20(21-11-14-24-23(21)22)8-5-15-25-16-12-19(13-17-25)18-6-3-2-4-7-18/h2-12,14,24H,13,15-17H2,1H3. The highest BCUT2D eigenvalue weighted by molar-refractivity contribution is 5.92. The monoisotopic (exact) mass is 344 g/mol. The van der Waals surface area contributed by atoms with Crippen molar-refractivity contribution < 1.29 is 4.74 Å². The van der Waals surface area contributed by atoms with Crippen LogP contribution in [-0.4, -0.2) is 36.6 Å². The Bertz CT molecular complexity index is 937. The third-order valence-corrected chi connectivity index (χ3v) is 5.04. The molecule has 0 unspecified atom stereocenters. The van der Waals surface area contributed by atoms with Crippen molar-refractivity contribution in [1.82, 2.24) is 9.88 Å². The van der Waals surface area contributed by atoms with E-state index in [-0.39, 0.29) is 0 Å². The van der Waals surface area contributed by atoms with E-state index in [9.17, 15) is 0 Å². The van der Waals surface area contributed by atoms with E-state index in [1.807, 2.05) is 12.3 Å². The van der Waals surface area contributed by atoms with Crippen LogP contribution in [0.1, 0.15) is 17.5 Å². The van der Waals surface area contributed by atoms with E-state index < -0.39 is 0 Å². The van der Waals surface area contributed by atoms with Crippen molar-refractivity contribution in [3.63, 3.8) is 0 Å². The number of nitrogens with zero attached hydrogens (tertiary/aromatic N) is 1. The number of hydrogen-bond donors (Lipinski definition) is 1. The van der Waals surface area contributed by atoms with Crippen LogP contribution in [0.15, 0.2) is 66.9 Å². The summed E-state index contributed by atoms with van der Waals surface area (Å²) in [5.41, 5.74) is 5.11. The highest BCUT2D eigenvalue weighted by Gasteiger charge is 2.11. The molecule has 3 heteroatoms. The van der Waals surface area contributed by atoms with Gasteiger partial charge in [-0.2, -0.15) is 0 Å². The van der Waals surface area contributed by atoms with Gasteiger partial charge in [0.2, 0.25) is 0 Å². The number of hydrogen-bond acceptors (Lipinski definition) is 2. The van der Waals surface area contributed by atoms with Gasteiger partial charge in [0.05, 0.1) is 12.6 Å². The predicted molar refractivity (Wildman–Crippen MR) is 109 cm³/mol. The second-order valence-corrected chi connectivity index (χ2v) is 6.63. The second kappa shape index (κ2) is 7.63. The van der Waals surface area contributed by atoms with Gasteiger partial charge in [-0.3, -0.25) is 4.90 Å². The summed E-state index contributed by atoms with van der Waals surface area (Å²) in [5, 5.41) is 1.20. The maximum Gasteiger partial charge on any atom is 0.142 e. The molecule has 26 heavy (non-hydrogen) atoms. The lowest BCUT2D eigenvalue weighted by atomic mass is 9.99. The molecule has 0 fully saturated rings. The minimum atomic E-state index is 0.886. The first kappa shape index (κ1) is 16.7. The van der Waals surface area contributed by atoms with Crippen LogP contribution in [0, 0.1) is 0 Å². The SMILES string of the molecule is COc1ccc(C=CCN2CC=C(c3ccccc3)CC2)c2cc[nH]c12. The van der Waals surface area contributed by atoms with E-state index >= 15 is 0 Å². The normalized spacial score (nSPS) is 15.5. The van der Waals surface area contributed by atoms with Gasteiger partial charge in [-0.1, -0.05) is 54.6 Å². The van der Waals surface area contributed by atoms with Crippen LogP contribution in [0.3, 0.4) is 0 Å². The van der Waals surface area contributed by atoms with Crippen LogP contribution in [0.25, 0.3) is 22.6 Å². The fourth-order valence-corrected chi connectivity index (χ4v) is 3.59. The van der Waals surface area contributed by atoms with Gasteiger partial charge in [0.15, 0.2) is 0 Å². The number of rotatable bonds is 5. The zero-order valence-corrected chi connectivity index (χ0v) is 15.1. The van der Waals surface area contributed by atoms with E-state index in [0.29, 0.717) is 0 Å². The fraction of sp³-hybridized carbons (Fsp3) is 0.217. The molecule has 3 nitrogen and oxygen atoms in total. The van der Waals surface area contributed by atoms with E-state index in [0.717, 1.165) is 37.3 Å². The first-order chi connectivity index (χ1) is 12.8. The zero-order valence-electron chi connectivity index (χ0n) is 15.1. The molecule has 0 saturated heterocycles. The maximum absolute atomic E-state index is 5.42. The minimum Gasteiger partial charge on any atom is -0.495 e. The third-order valence-electron chi connectivity index (χ3n) is 5.04. The number of fused-ring (bicyclic) bond motifs is 1. The van der Waals surface area contributed by atoms with Crippen LogP contribution in [0.5, 0.6) is 5.75 Å². The second-order valence-electron chi connectivity index (χ2n) is 6.63. The molecule has 2 heterocycles. The van der Waals surface area contributed by atoms with Crippen LogP contribution in [0.4, 0.5) is 0 Å². The highest BCUT2D eigenvalue weighted by atomic mass is 16.5. The summed E-state index contributed by atoms with van der Waals surface area (Å²) in [6, 6.07) is 16.9. The molecule has 132 valence electrons. The fourth-order valence-electron chi connectivity index (χ4n) is 3.59. The molecular formula is C23H24N2O. The Kier molecular flexibility index (Phi) is 4.89. The summed E-state index contributed by atoms with van der Waals surface area (Å²) in [6.07, 6.45) is 9.92. The Morgan fingerprint density at radius 1 is 1.12 bits per heavy atom. The number of nitrogens with one attached hydrogen (secondary N) is 1. The number of benzene rings is 2. The molecule has 0 spiro atoms. The summed E-state index contributed by atoms with van der Waals surface area (Å²) in [5.74, 6) is 0.886. The van der Waals surface area contributed by atoms with Crippen LogP contribution < -0.4 is 4.74 Å². The Balaban J connectivity index is 1.41. The molecule has 3 aromatic rings. The molecular weight excluding hydrogens is 320 g/mol. The topological polar surface area (TPSA) is 28.3 Å². The summed E-state index contributed by atoms with van der Waals surface area (Å²) in [6.45, 7) is 3.08. The van der Waals surface area contributed by atoms with Gasteiger partial charge in [0.25, 0.3) is 0 Å². The predicted octanol–water partition coefficient (Wildman–Crippen LogP) is 4.98. The van der Waals surface area contributed by atoms with Crippen LogP contribution in [0.2, 0.25) is 0 Å². The van der Waals surface area contributed by atoms with E-state index in [2.05, 4.69) is 70.6 Å². The van der Waals surface area contributed by atoms with Crippen molar-refractivity contribution >= 4 is 22.6 Å². The van der Waals surface area contributed by atoms with E-state index in [1.54, 1.807) is 7.11 Å². The van der Waals surface area contributed by atoms with Crippen molar-refractivity contribution in [3.8, 4) is 5.75 Å². The lowest BCUT2D eigenvalue weighted by Crippen LogP contribution is -2.28. The van der Waals surface area contributed by atoms with Crippen molar-refractivity contribution in [2.24, 2.45) is 0 Å². The lowest BCUT2D eigenvalue weighted by Gasteiger charge is -2.25. The van der Waals surface area contributed by atoms with E-state index in [4.69, 9.17) is 4.74 Å².